The number of rotatable bonds is 2. The number of carbonyl (C=O) groups is 1. The Bertz CT molecular complexity index is 365. The zero-order valence-electron chi connectivity index (χ0n) is 9.96. The summed E-state index contributed by atoms with van der Waals surface area (Å²) < 4.78 is 5.41. The van der Waals surface area contributed by atoms with Gasteiger partial charge in [-0.05, 0) is 19.1 Å². The lowest BCUT2D eigenvalue weighted by atomic mass is 10.1. The van der Waals surface area contributed by atoms with Gasteiger partial charge in [-0.3, -0.25) is 4.79 Å². The molecule has 7 heteroatoms. The van der Waals surface area contributed by atoms with Crippen molar-refractivity contribution in [1.29, 1.82) is 0 Å². The average molecular weight is 294 g/mol. The minimum Gasteiger partial charge on any atom is -0.375 e. The predicted molar refractivity (Wildman–Crippen MR) is 74.6 cm³/mol. The second kappa shape index (κ2) is 8.26. The molecule has 0 aromatic carbocycles. The van der Waals surface area contributed by atoms with Gasteiger partial charge in [-0.15, -0.1) is 24.8 Å². The van der Waals surface area contributed by atoms with Gasteiger partial charge in [0.1, 0.15) is 11.9 Å². The minimum atomic E-state index is -0.309. The van der Waals surface area contributed by atoms with Crippen LogP contribution in [0.4, 0.5) is 5.82 Å². The van der Waals surface area contributed by atoms with Gasteiger partial charge in [0.15, 0.2) is 0 Å². The number of amides is 1. The highest BCUT2D eigenvalue weighted by atomic mass is 35.5. The topological polar surface area (TPSA) is 63.2 Å². The summed E-state index contributed by atoms with van der Waals surface area (Å²) in [5.74, 6) is 0.456. The molecule has 0 bridgehead atoms. The zero-order chi connectivity index (χ0) is 11.4. The number of hydrogen-bond donors (Lipinski definition) is 2. The van der Waals surface area contributed by atoms with Crippen LogP contribution in [0.3, 0.4) is 0 Å². The average Bonchev–Trinajstić information content (AvgIpc) is 2.31. The fraction of sp³-hybridized carbons (Fsp3) is 0.455. The van der Waals surface area contributed by atoms with Crippen LogP contribution < -0.4 is 10.6 Å². The summed E-state index contributed by atoms with van der Waals surface area (Å²) in [6.45, 7) is 3.23. The predicted octanol–water partition coefficient (Wildman–Crippen LogP) is 1.24. The number of halogens is 2. The molecule has 0 aliphatic carbocycles. The first-order valence-electron chi connectivity index (χ1n) is 5.34. The van der Waals surface area contributed by atoms with Gasteiger partial charge >= 0.3 is 0 Å². The smallest absolute Gasteiger partial charge is 0.245 e. The third kappa shape index (κ3) is 4.42. The molecule has 1 aliphatic heterocycles. The van der Waals surface area contributed by atoms with Crippen LogP contribution in [-0.4, -0.2) is 36.2 Å². The van der Waals surface area contributed by atoms with Crippen LogP contribution in [0.25, 0.3) is 0 Å². The molecular weight excluding hydrogens is 277 g/mol. The van der Waals surface area contributed by atoms with E-state index in [0.717, 1.165) is 0 Å². The number of aromatic nitrogens is 1. The Morgan fingerprint density at radius 2 is 2.28 bits per heavy atom. The number of hydrogen-bond acceptors (Lipinski definition) is 4. The number of morpholine rings is 1. The van der Waals surface area contributed by atoms with Crippen LogP contribution in [0.5, 0.6) is 0 Å². The quantitative estimate of drug-likeness (QED) is 0.861. The van der Waals surface area contributed by atoms with E-state index in [2.05, 4.69) is 15.6 Å². The summed E-state index contributed by atoms with van der Waals surface area (Å²) in [5, 5.41) is 5.87. The monoisotopic (exact) mass is 293 g/mol. The van der Waals surface area contributed by atoms with Crippen molar-refractivity contribution in [3.63, 3.8) is 0 Å². The van der Waals surface area contributed by atoms with Crippen molar-refractivity contribution in [2.45, 2.75) is 19.1 Å². The highest BCUT2D eigenvalue weighted by Crippen LogP contribution is 2.07. The lowest BCUT2D eigenvalue weighted by Gasteiger charge is -2.29. The maximum atomic E-state index is 11.9. The molecule has 2 N–H and O–H groups in total. The van der Waals surface area contributed by atoms with E-state index >= 15 is 0 Å². The van der Waals surface area contributed by atoms with Crippen LogP contribution in [0.1, 0.15) is 6.92 Å². The van der Waals surface area contributed by atoms with E-state index in [-0.39, 0.29) is 42.9 Å². The number of ether oxygens (including phenoxy) is 1. The Morgan fingerprint density at radius 3 is 2.89 bits per heavy atom. The summed E-state index contributed by atoms with van der Waals surface area (Å²) in [7, 11) is 0. The fourth-order valence-electron chi connectivity index (χ4n) is 1.67. The first-order chi connectivity index (χ1) is 7.77. The van der Waals surface area contributed by atoms with Crippen molar-refractivity contribution in [1.82, 2.24) is 10.3 Å². The van der Waals surface area contributed by atoms with Crippen LogP contribution >= 0.6 is 24.8 Å². The Balaban J connectivity index is 0.00000144. The van der Waals surface area contributed by atoms with Gasteiger partial charge in [0.2, 0.25) is 5.91 Å². The SMILES string of the molecule is C[C@H]1OCCN[C@@H]1C(=O)Nc1ccccn1.Cl.Cl. The molecule has 1 saturated heterocycles. The third-order valence-corrected chi connectivity index (χ3v) is 2.52. The van der Waals surface area contributed by atoms with E-state index in [1.807, 2.05) is 13.0 Å². The van der Waals surface area contributed by atoms with Crippen molar-refractivity contribution >= 4 is 36.5 Å². The summed E-state index contributed by atoms with van der Waals surface area (Å²) in [6, 6.07) is 5.08. The van der Waals surface area contributed by atoms with Gasteiger partial charge in [-0.1, -0.05) is 6.07 Å². The summed E-state index contributed by atoms with van der Waals surface area (Å²) in [5.41, 5.74) is 0. The lowest BCUT2D eigenvalue weighted by Crippen LogP contribution is -2.53. The summed E-state index contributed by atoms with van der Waals surface area (Å²) >= 11 is 0. The molecule has 0 saturated carbocycles. The van der Waals surface area contributed by atoms with E-state index in [9.17, 15) is 4.79 Å². The molecule has 1 fully saturated rings. The molecule has 2 rings (SSSR count). The molecule has 1 aliphatic rings. The van der Waals surface area contributed by atoms with Gasteiger partial charge in [0, 0.05) is 12.7 Å². The van der Waals surface area contributed by atoms with Crippen molar-refractivity contribution < 1.29 is 9.53 Å². The van der Waals surface area contributed by atoms with Crippen molar-refractivity contribution in [2.24, 2.45) is 0 Å². The Kier molecular flexibility index (Phi) is 7.86. The molecule has 1 aromatic rings. The van der Waals surface area contributed by atoms with Gasteiger partial charge < -0.3 is 15.4 Å². The maximum absolute atomic E-state index is 11.9. The lowest BCUT2D eigenvalue weighted by molar-refractivity contribution is -0.123. The molecule has 102 valence electrons. The minimum absolute atomic E-state index is 0. The highest BCUT2D eigenvalue weighted by molar-refractivity contribution is 5.94. The molecule has 2 heterocycles. The zero-order valence-corrected chi connectivity index (χ0v) is 11.6. The third-order valence-electron chi connectivity index (χ3n) is 2.52. The number of pyridine rings is 1. The summed E-state index contributed by atoms with van der Waals surface area (Å²) in [4.78, 5) is 15.9. The number of carbonyl (C=O) groups excluding carboxylic acids is 1. The Hall–Kier alpha value is -0.880. The van der Waals surface area contributed by atoms with Crippen molar-refractivity contribution in [2.75, 3.05) is 18.5 Å². The van der Waals surface area contributed by atoms with Crippen molar-refractivity contribution in [3.05, 3.63) is 24.4 Å². The molecule has 0 radical (unpaired) electrons. The molecule has 1 amide bonds. The van der Waals surface area contributed by atoms with Gasteiger partial charge in [-0.25, -0.2) is 4.98 Å². The van der Waals surface area contributed by atoms with Crippen LogP contribution in [-0.2, 0) is 9.53 Å². The number of nitrogens with zero attached hydrogens (tertiary/aromatic N) is 1. The van der Waals surface area contributed by atoms with Crippen LogP contribution in [0.15, 0.2) is 24.4 Å². The summed E-state index contributed by atoms with van der Waals surface area (Å²) in [6.07, 6.45) is 1.53. The molecule has 1 aromatic heterocycles. The van der Waals surface area contributed by atoms with Gasteiger partial charge in [-0.2, -0.15) is 0 Å². The highest BCUT2D eigenvalue weighted by Gasteiger charge is 2.28. The van der Waals surface area contributed by atoms with Gasteiger partial charge in [0.05, 0.1) is 12.7 Å². The number of anilines is 1. The largest absolute Gasteiger partial charge is 0.375 e. The van der Waals surface area contributed by atoms with Gasteiger partial charge in [0.25, 0.3) is 0 Å². The van der Waals surface area contributed by atoms with Crippen LogP contribution in [0.2, 0.25) is 0 Å². The van der Waals surface area contributed by atoms with E-state index < -0.39 is 0 Å². The molecule has 18 heavy (non-hydrogen) atoms. The molecule has 2 atom stereocenters. The van der Waals surface area contributed by atoms with E-state index in [1.165, 1.54) is 0 Å². The maximum Gasteiger partial charge on any atom is 0.245 e. The fourth-order valence-corrected chi connectivity index (χ4v) is 1.67. The Labute approximate surface area is 119 Å². The normalized spacial score (nSPS) is 22.3. The van der Waals surface area contributed by atoms with E-state index in [1.54, 1.807) is 18.3 Å². The second-order valence-electron chi connectivity index (χ2n) is 3.71. The number of nitrogens with one attached hydrogen (secondary N) is 2. The van der Waals surface area contributed by atoms with Crippen molar-refractivity contribution in [3.8, 4) is 0 Å². The second-order valence-corrected chi connectivity index (χ2v) is 3.71. The molecular formula is C11H17Cl2N3O2. The molecule has 0 unspecified atom stereocenters. The first kappa shape index (κ1) is 17.1. The first-order valence-corrected chi connectivity index (χ1v) is 5.34. The Morgan fingerprint density at radius 1 is 1.50 bits per heavy atom. The van der Waals surface area contributed by atoms with Crippen LogP contribution in [0, 0.1) is 0 Å². The van der Waals surface area contributed by atoms with E-state index in [0.29, 0.717) is 19.0 Å². The molecule has 5 nitrogen and oxygen atoms in total. The molecule has 0 spiro atoms. The standard InChI is InChI=1S/C11H15N3O2.2ClH/c1-8-10(13-6-7-16-8)11(15)14-9-4-2-3-5-12-9;;/h2-5,8,10,13H,6-7H2,1H3,(H,12,14,15);2*1H/t8-,10+;;/m1../s1. The van der Waals surface area contributed by atoms with E-state index in [4.69, 9.17) is 4.74 Å².